The van der Waals surface area contributed by atoms with Gasteiger partial charge >= 0.3 is 0 Å². The first kappa shape index (κ1) is 18.6. The molecular weight excluding hydrogens is 406 g/mol. The molecule has 8 heteroatoms. The Balaban J connectivity index is 1.45. The molecule has 1 aliphatic rings. The van der Waals surface area contributed by atoms with Crippen LogP contribution in [-0.2, 0) is 6.42 Å². The lowest BCUT2D eigenvalue weighted by Gasteiger charge is -2.09. The summed E-state index contributed by atoms with van der Waals surface area (Å²) in [5.41, 5.74) is 3.77. The van der Waals surface area contributed by atoms with E-state index in [-0.39, 0.29) is 16.1 Å². The van der Waals surface area contributed by atoms with Gasteiger partial charge in [-0.05, 0) is 65.9 Å². The highest BCUT2D eigenvalue weighted by molar-refractivity contribution is 8.00. The number of aromatic nitrogens is 2. The monoisotopic (exact) mass is 422 g/mol. The average molecular weight is 422 g/mol. The van der Waals surface area contributed by atoms with Gasteiger partial charge < -0.3 is 15.0 Å². The quantitative estimate of drug-likeness (QED) is 0.406. The van der Waals surface area contributed by atoms with Gasteiger partial charge in [-0.2, -0.15) is 0 Å². The Kier molecular flexibility index (Phi) is 4.63. The van der Waals surface area contributed by atoms with Crippen LogP contribution in [0.4, 0.5) is 20.3 Å². The molecule has 0 spiro atoms. The second-order valence-corrected chi connectivity index (χ2v) is 7.84. The van der Waals surface area contributed by atoms with E-state index in [0.717, 1.165) is 58.8 Å². The highest BCUT2D eigenvalue weighted by Crippen LogP contribution is 2.30. The van der Waals surface area contributed by atoms with Gasteiger partial charge in [0.2, 0.25) is 0 Å². The number of rotatable bonds is 4. The van der Waals surface area contributed by atoms with Gasteiger partial charge in [0.05, 0.1) is 10.4 Å². The number of nitrogens with zero attached hydrogens (tertiary/aromatic N) is 1. The molecule has 0 radical (unpaired) electrons. The van der Waals surface area contributed by atoms with E-state index >= 15 is 0 Å². The van der Waals surface area contributed by atoms with Crippen molar-refractivity contribution in [3.05, 3.63) is 82.3 Å². The number of anilines is 2. The summed E-state index contributed by atoms with van der Waals surface area (Å²) in [6.07, 6.45) is 2.59. The van der Waals surface area contributed by atoms with Gasteiger partial charge in [-0.25, -0.2) is 13.8 Å². The number of fused-ring (bicyclic) bond motifs is 2. The Hall–Kier alpha value is -3.39. The molecule has 5 rings (SSSR count). The second-order valence-electron chi connectivity index (χ2n) is 6.99. The Labute approximate surface area is 174 Å². The summed E-state index contributed by atoms with van der Waals surface area (Å²) < 4.78 is 29.8. The van der Waals surface area contributed by atoms with E-state index in [2.05, 4.69) is 26.1 Å². The van der Waals surface area contributed by atoms with E-state index in [9.17, 15) is 13.6 Å². The summed E-state index contributed by atoms with van der Waals surface area (Å²) in [4.78, 5) is 19.8. The van der Waals surface area contributed by atoms with Crippen LogP contribution in [-0.4, -0.2) is 16.5 Å². The van der Waals surface area contributed by atoms with Gasteiger partial charge in [0.25, 0.3) is 5.56 Å². The van der Waals surface area contributed by atoms with Gasteiger partial charge in [0.1, 0.15) is 23.1 Å². The Morgan fingerprint density at radius 1 is 1.03 bits per heavy atom. The van der Waals surface area contributed by atoms with E-state index in [1.807, 2.05) is 18.2 Å². The maximum atomic E-state index is 13.8. The first-order valence-electron chi connectivity index (χ1n) is 9.35. The Morgan fingerprint density at radius 3 is 2.80 bits per heavy atom. The minimum atomic E-state index is -0.691. The molecule has 0 saturated carbocycles. The van der Waals surface area contributed by atoms with Crippen molar-refractivity contribution in [1.82, 2.24) is 9.97 Å². The molecule has 0 fully saturated rings. The third-order valence-corrected chi connectivity index (χ3v) is 5.85. The van der Waals surface area contributed by atoms with E-state index in [4.69, 9.17) is 0 Å². The number of halogens is 2. The molecule has 1 aliphatic heterocycles. The highest BCUT2D eigenvalue weighted by atomic mass is 32.2. The number of aromatic amines is 1. The van der Waals surface area contributed by atoms with Crippen LogP contribution in [0, 0.1) is 11.6 Å². The molecule has 0 bridgehead atoms. The van der Waals surface area contributed by atoms with Gasteiger partial charge in [0, 0.05) is 29.8 Å². The van der Waals surface area contributed by atoms with Crippen LogP contribution in [0.15, 0.2) is 64.4 Å². The highest BCUT2D eigenvalue weighted by Gasteiger charge is 2.13. The molecule has 0 amide bonds. The number of hydrogen-bond donors (Lipinski definition) is 3. The molecule has 0 aliphatic carbocycles. The van der Waals surface area contributed by atoms with E-state index < -0.39 is 11.6 Å². The lowest BCUT2D eigenvalue weighted by atomic mass is 10.0. The molecule has 0 saturated heterocycles. The van der Waals surface area contributed by atoms with Crippen LogP contribution in [0.1, 0.15) is 5.56 Å². The van der Waals surface area contributed by atoms with Crippen molar-refractivity contribution in [2.45, 2.75) is 11.3 Å². The van der Waals surface area contributed by atoms with Crippen LogP contribution in [0.2, 0.25) is 0 Å². The molecule has 0 unspecified atom stereocenters. The Morgan fingerprint density at radius 2 is 1.93 bits per heavy atom. The van der Waals surface area contributed by atoms with Crippen molar-refractivity contribution in [3.63, 3.8) is 0 Å². The fourth-order valence-corrected chi connectivity index (χ4v) is 4.12. The number of hydrogen-bond acceptors (Lipinski definition) is 5. The summed E-state index contributed by atoms with van der Waals surface area (Å²) >= 11 is 0.914. The number of pyridine rings is 2. The summed E-state index contributed by atoms with van der Waals surface area (Å²) in [6.45, 7) is 0.896. The van der Waals surface area contributed by atoms with Crippen molar-refractivity contribution < 1.29 is 8.78 Å². The molecule has 2 aromatic carbocycles. The lowest BCUT2D eigenvalue weighted by Crippen LogP contribution is -2.10. The molecule has 3 heterocycles. The van der Waals surface area contributed by atoms with Crippen molar-refractivity contribution in [2.75, 3.05) is 16.6 Å². The van der Waals surface area contributed by atoms with Gasteiger partial charge in [-0.3, -0.25) is 4.79 Å². The van der Waals surface area contributed by atoms with Gasteiger partial charge in [-0.1, -0.05) is 6.07 Å². The SMILES string of the molecule is O=c1[nH]cc(-c2ccc3nc4c(cc3c2)CCN4)cc1NSc1ccc(F)cc1F. The molecule has 5 nitrogen and oxygen atoms in total. The summed E-state index contributed by atoms with van der Waals surface area (Å²) in [5.74, 6) is -0.399. The third-order valence-electron chi connectivity index (χ3n) is 4.98. The molecule has 3 N–H and O–H groups in total. The van der Waals surface area contributed by atoms with Crippen molar-refractivity contribution in [3.8, 4) is 11.1 Å². The van der Waals surface area contributed by atoms with Crippen LogP contribution < -0.4 is 15.6 Å². The average Bonchev–Trinajstić information content (AvgIpc) is 3.19. The summed E-state index contributed by atoms with van der Waals surface area (Å²) in [5, 5.41) is 4.30. The maximum Gasteiger partial charge on any atom is 0.272 e. The van der Waals surface area contributed by atoms with Crippen LogP contribution >= 0.6 is 11.9 Å². The fraction of sp³-hybridized carbons (Fsp3) is 0.0909. The molecule has 4 aromatic rings. The molecule has 2 aromatic heterocycles. The predicted molar refractivity (Wildman–Crippen MR) is 116 cm³/mol. The van der Waals surface area contributed by atoms with Gasteiger partial charge in [0.15, 0.2) is 0 Å². The zero-order valence-electron chi connectivity index (χ0n) is 15.6. The zero-order valence-corrected chi connectivity index (χ0v) is 16.4. The molecular formula is C22H16F2N4OS. The number of nitrogens with one attached hydrogen (secondary N) is 3. The van der Waals surface area contributed by atoms with E-state index in [1.165, 1.54) is 17.7 Å². The zero-order chi connectivity index (χ0) is 20.7. The first-order chi connectivity index (χ1) is 14.6. The normalized spacial score (nSPS) is 12.6. The fourth-order valence-electron chi connectivity index (χ4n) is 3.45. The molecule has 0 atom stereocenters. The largest absolute Gasteiger partial charge is 0.369 e. The van der Waals surface area contributed by atoms with Crippen LogP contribution in [0.3, 0.4) is 0 Å². The first-order valence-corrected chi connectivity index (χ1v) is 10.2. The van der Waals surface area contributed by atoms with Gasteiger partial charge in [-0.15, -0.1) is 0 Å². The third kappa shape index (κ3) is 3.50. The maximum absolute atomic E-state index is 13.8. The van der Waals surface area contributed by atoms with E-state index in [0.29, 0.717) is 0 Å². The molecule has 30 heavy (non-hydrogen) atoms. The van der Waals surface area contributed by atoms with Crippen LogP contribution in [0.5, 0.6) is 0 Å². The topological polar surface area (TPSA) is 69.8 Å². The summed E-state index contributed by atoms with van der Waals surface area (Å²) in [7, 11) is 0. The minimum Gasteiger partial charge on any atom is -0.369 e. The standard InChI is InChI=1S/C22H16F2N4OS/c23-16-2-4-20(17(24)10-16)30-28-19-9-15(11-26-22(19)29)12-1-3-18-14(7-12)8-13-5-6-25-21(13)27-18/h1-4,7-11,28H,5-6H2,(H,25,27)(H,26,29). The number of H-pyrrole nitrogens is 1. The van der Waals surface area contributed by atoms with Crippen molar-refractivity contribution in [2.24, 2.45) is 0 Å². The second kappa shape index (κ2) is 7.46. The minimum absolute atomic E-state index is 0.195. The van der Waals surface area contributed by atoms with Crippen molar-refractivity contribution in [1.29, 1.82) is 0 Å². The number of benzene rings is 2. The van der Waals surface area contributed by atoms with Crippen molar-refractivity contribution >= 4 is 34.4 Å². The predicted octanol–water partition coefficient (Wildman–Crippen LogP) is 4.96. The Bertz CT molecular complexity index is 1340. The summed E-state index contributed by atoms with van der Waals surface area (Å²) in [6, 6.07) is 13.1. The molecule has 150 valence electrons. The smallest absolute Gasteiger partial charge is 0.272 e. The van der Waals surface area contributed by atoms with E-state index in [1.54, 1.807) is 12.3 Å². The lowest BCUT2D eigenvalue weighted by molar-refractivity contribution is 0.566. The van der Waals surface area contributed by atoms with Crippen LogP contribution in [0.25, 0.3) is 22.0 Å².